The summed E-state index contributed by atoms with van der Waals surface area (Å²) >= 11 is 0. The number of nitrogens with zero attached hydrogens (tertiary/aromatic N) is 1. The van der Waals surface area contributed by atoms with Gasteiger partial charge in [-0.15, -0.1) is 0 Å². The zero-order valence-corrected chi connectivity index (χ0v) is 6.22. The fourth-order valence-electron chi connectivity index (χ4n) is 0.723. The van der Waals surface area contributed by atoms with Gasteiger partial charge in [0.2, 0.25) is 0 Å². The molecule has 0 heterocycles. The number of hydrogen-bond donors (Lipinski definition) is 1. The molecule has 0 aliphatic rings. The quantitative estimate of drug-likeness (QED) is 0.430. The van der Waals surface area contributed by atoms with Crippen molar-refractivity contribution in [2.75, 3.05) is 13.6 Å². The minimum atomic E-state index is -0.0278. The van der Waals surface area contributed by atoms with E-state index in [1.807, 2.05) is 25.9 Å². The molecule has 9 heavy (non-hydrogen) atoms. The standard InChI is InChI=1S/C6H14N2O/c1-4-8(7-3)6(2)5-9/h5-7H,4H2,1-3H3. The maximum absolute atomic E-state index is 10.2. The van der Waals surface area contributed by atoms with E-state index in [1.165, 1.54) is 0 Å². The van der Waals surface area contributed by atoms with Crippen molar-refractivity contribution in [1.29, 1.82) is 0 Å². The normalized spacial score (nSPS) is 13.8. The van der Waals surface area contributed by atoms with Gasteiger partial charge in [0.25, 0.3) is 0 Å². The maximum atomic E-state index is 10.2. The third-order valence-electron chi connectivity index (χ3n) is 1.32. The van der Waals surface area contributed by atoms with Crippen LogP contribution in [0.3, 0.4) is 0 Å². The average Bonchev–Trinajstić information content (AvgIpc) is 1.90. The predicted octanol–water partition coefficient (Wildman–Crippen LogP) is 0.0301. The Morgan fingerprint density at radius 3 is 2.44 bits per heavy atom. The van der Waals surface area contributed by atoms with E-state index in [1.54, 1.807) is 0 Å². The Labute approximate surface area is 56.0 Å². The third-order valence-corrected chi connectivity index (χ3v) is 1.32. The molecule has 0 aliphatic heterocycles. The van der Waals surface area contributed by atoms with Crippen LogP contribution in [0.2, 0.25) is 0 Å². The van der Waals surface area contributed by atoms with Crippen LogP contribution in [-0.4, -0.2) is 30.9 Å². The largest absolute Gasteiger partial charge is 0.302 e. The number of hydrogen-bond acceptors (Lipinski definition) is 3. The van der Waals surface area contributed by atoms with Gasteiger partial charge in [0.1, 0.15) is 6.29 Å². The highest BCUT2D eigenvalue weighted by atomic mass is 16.1. The summed E-state index contributed by atoms with van der Waals surface area (Å²) < 4.78 is 0. The molecule has 3 heteroatoms. The Balaban J connectivity index is 3.63. The lowest BCUT2D eigenvalue weighted by molar-refractivity contribution is -0.112. The summed E-state index contributed by atoms with van der Waals surface area (Å²) in [6.07, 6.45) is 0.917. The number of carbonyl (C=O) groups is 1. The number of rotatable bonds is 4. The monoisotopic (exact) mass is 130 g/mol. The highest BCUT2D eigenvalue weighted by Gasteiger charge is 2.06. The van der Waals surface area contributed by atoms with Gasteiger partial charge in [-0.1, -0.05) is 6.92 Å². The second-order valence-electron chi connectivity index (χ2n) is 1.89. The summed E-state index contributed by atoms with van der Waals surface area (Å²) in [5.41, 5.74) is 2.90. The molecule has 1 unspecified atom stereocenters. The summed E-state index contributed by atoms with van der Waals surface area (Å²) in [5.74, 6) is 0. The van der Waals surface area contributed by atoms with Crippen LogP contribution in [0.5, 0.6) is 0 Å². The first kappa shape index (κ1) is 8.59. The first-order chi connectivity index (χ1) is 4.26. The van der Waals surface area contributed by atoms with Crippen LogP contribution in [-0.2, 0) is 4.79 Å². The van der Waals surface area contributed by atoms with Gasteiger partial charge in [0.05, 0.1) is 6.04 Å². The number of nitrogens with one attached hydrogen (secondary N) is 1. The van der Waals surface area contributed by atoms with Crippen LogP contribution >= 0.6 is 0 Å². The van der Waals surface area contributed by atoms with Crippen LogP contribution in [0, 0.1) is 0 Å². The first-order valence-corrected chi connectivity index (χ1v) is 3.15. The van der Waals surface area contributed by atoms with Crippen molar-refractivity contribution in [3.63, 3.8) is 0 Å². The van der Waals surface area contributed by atoms with E-state index in [4.69, 9.17) is 0 Å². The second kappa shape index (κ2) is 4.47. The van der Waals surface area contributed by atoms with Crippen LogP contribution < -0.4 is 5.43 Å². The second-order valence-corrected chi connectivity index (χ2v) is 1.89. The van der Waals surface area contributed by atoms with Crippen molar-refractivity contribution >= 4 is 6.29 Å². The topological polar surface area (TPSA) is 32.3 Å². The molecule has 54 valence electrons. The lowest BCUT2D eigenvalue weighted by Gasteiger charge is -2.21. The molecule has 0 saturated heterocycles. The van der Waals surface area contributed by atoms with Crippen molar-refractivity contribution in [1.82, 2.24) is 10.4 Å². The fraction of sp³-hybridized carbons (Fsp3) is 0.833. The van der Waals surface area contributed by atoms with Gasteiger partial charge in [0, 0.05) is 6.54 Å². The highest BCUT2D eigenvalue weighted by Crippen LogP contribution is 1.87. The van der Waals surface area contributed by atoms with Gasteiger partial charge in [-0.2, -0.15) is 0 Å². The minimum absolute atomic E-state index is 0.0278. The molecule has 0 bridgehead atoms. The smallest absolute Gasteiger partial charge is 0.138 e. The molecule has 0 saturated carbocycles. The molecule has 1 N–H and O–H groups in total. The molecule has 0 amide bonds. The van der Waals surface area contributed by atoms with Gasteiger partial charge in [0.15, 0.2) is 0 Å². The van der Waals surface area contributed by atoms with Crippen LogP contribution in [0.1, 0.15) is 13.8 Å². The summed E-state index contributed by atoms with van der Waals surface area (Å²) in [6, 6.07) is -0.0278. The zero-order valence-electron chi connectivity index (χ0n) is 6.22. The molecule has 0 aromatic heterocycles. The number of aldehydes is 1. The van der Waals surface area contributed by atoms with E-state index in [2.05, 4.69) is 5.43 Å². The summed E-state index contributed by atoms with van der Waals surface area (Å²) in [6.45, 7) is 4.69. The minimum Gasteiger partial charge on any atom is -0.302 e. The number of hydrazine groups is 1. The Kier molecular flexibility index (Phi) is 4.26. The molecule has 0 aromatic carbocycles. The van der Waals surface area contributed by atoms with Gasteiger partial charge in [-0.25, -0.2) is 5.01 Å². The zero-order chi connectivity index (χ0) is 7.28. The van der Waals surface area contributed by atoms with Crippen molar-refractivity contribution < 1.29 is 4.79 Å². The van der Waals surface area contributed by atoms with Gasteiger partial charge in [-0.3, -0.25) is 5.43 Å². The fourth-order valence-corrected chi connectivity index (χ4v) is 0.723. The maximum Gasteiger partial charge on any atom is 0.138 e. The summed E-state index contributed by atoms with van der Waals surface area (Å²) in [7, 11) is 1.81. The Bertz CT molecular complexity index is 81.1. The molecular weight excluding hydrogens is 116 g/mol. The Hall–Kier alpha value is -0.410. The van der Waals surface area contributed by atoms with Gasteiger partial charge in [-0.05, 0) is 14.0 Å². The van der Waals surface area contributed by atoms with Gasteiger partial charge < -0.3 is 4.79 Å². The predicted molar refractivity (Wildman–Crippen MR) is 37.0 cm³/mol. The SMILES string of the molecule is CCN(NC)C(C)C=O. The third kappa shape index (κ3) is 2.58. The number of likely N-dealkylation sites (N-methyl/N-ethyl adjacent to an activating group) is 1. The van der Waals surface area contributed by atoms with Crippen molar-refractivity contribution in [3.8, 4) is 0 Å². The first-order valence-electron chi connectivity index (χ1n) is 3.15. The van der Waals surface area contributed by atoms with E-state index in [9.17, 15) is 4.79 Å². The van der Waals surface area contributed by atoms with E-state index >= 15 is 0 Å². The van der Waals surface area contributed by atoms with Crippen LogP contribution in [0.15, 0.2) is 0 Å². The van der Waals surface area contributed by atoms with Crippen molar-refractivity contribution in [2.24, 2.45) is 0 Å². The van der Waals surface area contributed by atoms with E-state index in [0.29, 0.717) is 0 Å². The van der Waals surface area contributed by atoms with Crippen LogP contribution in [0.25, 0.3) is 0 Å². The molecule has 0 aliphatic carbocycles. The molecule has 0 spiro atoms. The van der Waals surface area contributed by atoms with Crippen molar-refractivity contribution in [2.45, 2.75) is 19.9 Å². The highest BCUT2D eigenvalue weighted by molar-refractivity contribution is 5.56. The Morgan fingerprint density at radius 1 is 1.78 bits per heavy atom. The number of carbonyl (C=O) groups excluding carboxylic acids is 1. The molecule has 0 radical (unpaired) electrons. The molecule has 0 fully saturated rings. The van der Waals surface area contributed by atoms with E-state index < -0.39 is 0 Å². The Morgan fingerprint density at radius 2 is 2.33 bits per heavy atom. The van der Waals surface area contributed by atoms with Crippen molar-refractivity contribution in [3.05, 3.63) is 0 Å². The average molecular weight is 130 g/mol. The molecular formula is C6H14N2O. The molecule has 0 aromatic rings. The van der Waals surface area contributed by atoms with E-state index in [0.717, 1.165) is 12.8 Å². The molecule has 0 rings (SSSR count). The lowest BCUT2D eigenvalue weighted by atomic mass is 10.4. The van der Waals surface area contributed by atoms with Gasteiger partial charge >= 0.3 is 0 Å². The molecule has 1 atom stereocenters. The molecule has 3 nitrogen and oxygen atoms in total. The lowest BCUT2D eigenvalue weighted by Crippen LogP contribution is -2.42. The van der Waals surface area contributed by atoms with E-state index in [-0.39, 0.29) is 6.04 Å². The van der Waals surface area contributed by atoms with Crippen LogP contribution in [0.4, 0.5) is 0 Å². The summed E-state index contributed by atoms with van der Waals surface area (Å²) in [5, 5.41) is 1.85. The summed E-state index contributed by atoms with van der Waals surface area (Å²) in [4.78, 5) is 10.2.